The average Bonchev–Trinajstić information content (AvgIpc) is 3.28. The lowest BCUT2D eigenvalue weighted by atomic mass is 9.98. The van der Waals surface area contributed by atoms with Crippen LogP contribution in [-0.2, 0) is 11.2 Å². The molecule has 2 aliphatic heterocycles. The Balaban J connectivity index is 0.00000150. The van der Waals surface area contributed by atoms with Gasteiger partial charge in [0, 0.05) is 36.1 Å². The van der Waals surface area contributed by atoms with Crippen LogP contribution < -0.4 is 10.1 Å². The van der Waals surface area contributed by atoms with Gasteiger partial charge in [0.15, 0.2) is 0 Å². The molecule has 1 aromatic carbocycles. The van der Waals surface area contributed by atoms with Gasteiger partial charge in [0.25, 0.3) is 0 Å². The summed E-state index contributed by atoms with van der Waals surface area (Å²) in [7, 11) is 1.96. The van der Waals surface area contributed by atoms with Gasteiger partial charge in [-0.25, -0.2) is 4.98 Å². The van der Waals surface area contributed by atoms with Crippen molar-refractivity contribution in [2.75, 3.05) is 13.7 Å². The molecule has 0 spiro atoms. The first-order valence-corrected chi connectivity index (χ1v) is 10.7. The molecule has 0 saturated carbocycles. The van der Waals surface area contributed by atoms with Gasteiger partial charge < -0.3 is 15.0 Å². The van der Waals surface area contributed by atoms with Gasteiger partial charge in [0.2, 0.25) is 5.91 Å². The van der Waals surface area contributed by atoms with E-state index in [0.717, 1.165) is 34.9 Å². The summed E-state index contributed by atoms with van der Waals surface area (Å²) in [5.41, 5.74) is 1.92. The number of hydrogen-bond acceptors (Lipinski definition) is 5. The molecule has 1 aromatic heterocycles. The maximum absolute atomic E-state index is 12.8. The van der Waals surface area contributed by atoms with Gasteiger partial charge in [-0.2, -0.15) is 0 Å². The number of piperidine rings is 1. The van der Waals surface area contributed by atoms with Gasteiger partial charge in [-0.05, 0) is 56.9 Å². The molecule has 2 unspecified atom stereocenters. The Morgan fingerprint density at radius 1 is 1.21 bits per heavy atom. The lowest BCUT2D eigenvalue weighted by Gasteiger charge is -2.35. The van der Waals surface area contributed by atoms with Gasteiger partial charge in [-0.1, -0.05) is 0 Å². The lowest BCUT2D eigenvalue weighted by Crippen LogP contribution is -2.49. The highest BCUT2D eigenvalue weighted by Gasteiger charge is 2.36. The molecule has 2 saturated heterocycles. The second-order valence-electron chi connectivity index (χ2n) is 7.55. The highest BCUT2D eigenvalue weighted by molar-refractivity contribution is 7.13. The second kappa shape index (κ2) is 10.6. The van der Waals surface area contributed by atoms with Crippen LogP contribution in [0.25, 0.3) is 10.6 Å². The Morgan fingerprint density at radius 2 is 1.86 bits per heavy atom. The molecule has 0 radical (unpaired) electrons. The van der Waals surface area contributed by atoms with Crippen molar-refractivity contribution < 1.29 is 9.53 Å². The number of nitrogens with one attached hydrogen (secondary N) is 1. The van der Waals surface area contributed by atoms with Gasteiger partial charge in [-0.15, -0.1) is 36.2 Å². The summed E-state index contributed by atoms with van der Waals surface area (Å²) in [6.45, 7) is 2.64. The zero-order chi connectivity index (χ0) is 18.8. The maximum atomic E-state index is 12.8. The Labute approximate surface area is 189 Å². The first-order valence-electron chi connectivity index (χ1n) is 9.81. The Bertz CT molecular complexity index is 787. The molecule has 160 valence electrons. The van der Waals surface area contributed by atoms with Crippen molar-refractivity contribution in [2.45, 2.75) is 57.2 Å². The first kappa shape index (κ1) is 23.9. The number of hydrogen-bond donors (Lipinski definition) is 1. The van der Waals surface area contributed by atoms with Crippen LogP contribution in [0.15, 0.2) is 29.6 Å². The predicted octanol–water partition coefficient (Wildman–Crippen LogP) is 4.34. The van der Waals surface area contributed by atoms with Gasteiger partial charge in [-0.3, -0.25) is 4.79 Å². The maximum Gasteiger partial charge on any atom is 0.228 e. The number of rotatable bonds is 6. The highest BCUT2D eigenvalue weighted by atomic mass is 35.5. The fourth-order valence-corrected chi connectivity index (χ4v) is 5.03. The van der Waals surface area contributed by atoms with E-state index in [2.05, 4.69) is 10.3 Å². The number of benzene rings is 1. The largest absolute Gasteiger partial charge is 0.494 e. The van der Waals surface area contributed by atoms with E-state index in [0.29, 0.717) is 31.2 Å². The number of carbonyl (C=O) groups is 1. The molecule has 29 heavy (non-hydrogen) atoms. The SMILES string of the molecule is CCOc1ccc(-c2nc(CC(=O)N(C)C3CC4CCC(C3)N4)cs2)cc1.Cl.Cl. The van der Waals surface area contributed by atoms with Crippen LogP contribution in [0.2, 0.25) is 0 Å². The van der Waals surface area contributed by atoms with Crippen LogP contribution >= 0.6 is 36.2 Å². The van der Waals surface area contributed by atoms with E-state index in [1.807, 2.05) is 48.5 Å². The number of halogens is 2. The third-order valence-corrected chi connectivity index (χ3v) is 6.63. The summed E-state index contributed by atoms with van der Waals surface area (Å²) in [5, 5.41) is 6.59. The van der Waals surface area contributed by atoms with Crippen LogP contribution in [0, 0.1) is 0 Å². The second-order valence-corrected chi connectivity index (χ2v) is 8.40. The van der Waals surface area contributed by atoms with Crippen molar-refractivity contribution in [1.82, 2.24) is 15.2 Å². The van der Waals surface area contributed by atoms with Crippen molar-refractivity contribution in [1.29, 1.82) is 0 Å². The quantitative estimate of drug-likeness (QED) is 0.700. The molecule has 1 N–H and O–H groups in total. The summed E-state index contributed by atoms with van der Waals surface area (Å²) in [5.74, 6) is 1.04. The van der Waals surface area contributed by atoms with E-state index in [4.69, 9.17) is 4.74 Å². The molecule has 2 fully saturated rings. The number of likely N-dealkylation sites (N-methyl/N-ethyl adjacent to an activating group) is 1. The van der Waals surface area contributed by atoms with Crippen LogP contribution in [0.1, 0.15) is 38.3 Å². The summed E-state index contributed by atoms with van der Waals surface area (Å²) in [6.07, 6.45) is 5.03. The zero-order valence-electron chi connectivity index (χ0n) is 16.8. The van der Waals surface area contributed by atoms with Crippen LogP contribution in [0.5, 0.6) is 5.75 Å². The summed E-state index contributed by atoms with van der Waals surface area (Å²) < 4.78 is 5.49. The minimum absolute atomic E-state index is 0. The molecule has 0 aliphatic carbocycles. The fourth-order valence-electron chi connectivity index (χ4n) is 4.21. The smallest absolute Gasteiger partial charge is 0.228 e. The Hall–Kier alpha value is -1.34. The van der Waals surface area contributed by atoms with Crippen molar-refractivity contribution >= 4 is 42.1 Å². The first-order chi connectivity index (χ1) is 13.1. The standard InChI is InChI=1S/C21H27N3O2S.2ClH/c1-3-26-19-8-4-14(5-9-19)21-23-17(13-27-21)12-20(25)24(2)18-10-15-6-7-16(11-18)22-15;;/h4-5,8-9,13,15-16,18,22H,3,6-7,10-12H2,1-2H3;2*1H. The average molecular weight is 458 g/mol. The van der Waals surface area contributed by atoms with Crippen LogP contribution in [0.4, 0.5) is 0 Å². The third-order valence-electron chi connectivity index (χ3n) is 5.69. The van der Waals surface area contributed by atoms with Gasteiger partial charge >= 0.3 is 0 Å². The van der Waals surface area contributed by atoms with Crippen molar-refractivity contribution in [2.24, 2.45) is 0 Å². The third kappa shape index (κ3) is 5.63. The summed E-state index contributed by atoms with van der Waals surface area (Å²) >= 11 is 1.59. The molecule has 2 aromatic rings. The van der Waals surface area contributed by atoms with E-state index in [9.17, 15) is 4.79 Å². The molecule has 3 heterocycles. The number of nitrogens with zero attached hydrogens (tertiary/aromatic N) is 2. The minimum atomic E-state index is 0. The molecule has 1 amide bonds. The van der Waals surface area contributed by atoms with E-state index in [-0.39, 0.29) is 30.7 Å². The fraction of sp³-hybridized carbons (Fsp3) is 0.524. The normalized spacial score (nSPS) is 22.3. The molecule has 2 bridgehead atoms. The molecule has 5 nitrogen and oxygen atoms in total. The number of amides is 1. The monoisotopic (exact) mass is 457 g/mol. The van der Waals surface area contributed by atoms with Crippen molar-refractivity contribution in [3.05, 3.63) is 35.3 Å². The molecular weight excluding hydrogens is 429 g/mol. The predicted molar refractivity (Wildman–Crippen MR) is 123 cm³/mol. The Morgan fingerprint density at radius 3 is 2.48 bits per heavy atom. The number of fused-ring (bicyclic) bond motifs is 2. The Kier molecular flexibility index (Phi) is 8.76. The van der Waals surface area contributed by atoms with Crippen LogP contribution in [0.3, 0.4) is 0 Å². The summed E-state index contributed by atoms with van der Waals surface area (Å²) in [4.78, 5) is 19.4. The number of carbonyl (C=O) groups excluding carboxylic acids is 1. The van der Waals surface area contributed by atoms with Gasteiger partial charge in [0.05, 0.1) is 18.7 Å². The number of aromatic nitrogens is 1. The molecular formula is C21H29Cl2N3O2S. The minimum Gasteiger partial charge on any atom is -0.494 e. The molecule has 8 heteroatoms. The van der Waals surface area contributed by atoms with E-state index < -0.39 is 0 Å². The van der Waals surface area contributed by atoms with Gasteiger partial charge in [0.1, 0.15) is 10.8 Å². The lowest BCUT2D eigenvalue weighted by molar-refractivity contribution is -0.132. The van der Waals surface area contributed by atoms with E-state index in [1.54, 1.807) is 11.3 Å². The zero-order valence-corrected chi connectivity index (χ0v) is 19.2. The molecule has 4 rings (SSSR count). The number of thiazole rings is 1. The molecule has 2 aliphatic rings. The highest BCUT2D eigenvalue weighted by Crippen LogP contribution is 2.30. The van der Waals surface area contributed by atoms with Crippen LogP contribution in [-0.4, -0.2) is 47.6 Å². The summed E-state index contributed by atoms with van der Waals surface area (Å²) in [6, 6.07) is 9.51. The molecule has 2 atom stereocenters. The van der Waals surface area contributed by atoms with Crippen molar-refractivity contribution in [3.63, 3.8) is 0 Å². The van der Waals surface area contributed by atoms with E-state index >= 15 is 0 Å². The topological polar surface area (TPSA) is 54.5 Å². The van der Waals surface area contributed by atoms with E-state index in [1.165, 1.54) is 12.8 Å². The number of ether oxygens (including phenoxy) is 1. The van der Waals surface area contributed by atoms with Crippen molar-refractivity contribution in [3.8, 4) is 16.3 Å².